The molecule has 0 heterocycles. The Hall–Kier alpha value is -2.44. The summed E-state index contributed by atoms with van der Waals surface area (Å²) >= 11 is 0. The van der Waals surface area contributed by atoms with E-state index in [1.54, 1.807) is 0 Å². The molecule has 63 heavy (non-hydrogen) atoms. The van der Waals surface area contributed by atoms with Gasteiger partial charge in [0.2, 0.25) is 5.91 Å². The Bertz CT molecular complexity index is 1130. The van der Waals surface area contributed by atoms with E-state index in [0.29, 0.717) is 19.3 Å². The summed E-state index contributed by atoms with van der Waals surface area (Å²) in [5.74, 6) is -0.532. The van der Waals surface area contributed by atoms with Gasteiger partial charge in [-0.05, 0) is 77.0 Å². The summed E-state index contributed by atoms with van der Waals surface area (Å²) in [7, 11) is 0. The zero-order valence-electron chi connectivity index (χ0n) is 41.7. The van der Waals surface area contributed by atoms with Gasteiger partial charge in [-0.3, -0.25) is 9.59 Å². The Labute approximate surface area is 390 Å². The average molecular weight is 882 g/mol. The van der Waals surface area contributed by atoms with Crippen molar-refractivity contribution in [2.75, 3.05) is 6.61 Å². The molecule has 3 N–H and O–H groups in total. The lowest BCUT2D eigenvalue weighted by molar-refractivity contribution is -0.151. The molecule has 3 atom stereocenters. The second-order valence-electron chi connectivity index (χ2n) is 18.3. The third-order valence-electron chi connectivity index (χ3n) is 12.1. The first-order valence-electron chi connectivity index (χ1n) is 27.0. The summed E-state index contributed by atoms with van der Waals surface area (Å²) in [5, 5.41) is 23.8. The number of rotatable bonds is 48. The highest BCUT2D eigenvalue weighted by atomic mass is 16.5. The van der Waals surface area contributed by atoms with Gasteiger partial charge in [-0.1, -0.05) is 236 Å². The Morgan fingerprint density at radius 1 is 0.492 bits per heavy atom. The molecule has 366 valence electrons. The van der Waals surface area contributed by atoms with Gasteiger partial charge in [-0.15, -0.1) is 0 Å². The van der Waals surface area contributed by atoms with Gasteiger partial charge < -0.3 is 20.3 Å². The van der Waals surface area contributed by atoms with Crippen LogP contribution in [0.1, 0.15) is 265 Å². The number of nitrogens with one attached hydrogen (secondary N) is 1. The number of aliphatic hydroxyl groups excluding tert-OH is 2. The van der Waals surface area contributed by atoms with Gasteiger partial charge in [0.1, 0.15) is 6.10 Å². The lowest BCUT2D eigenvalue weighted by Gasteiger charge is -2.24. The standard InChI is InChI=1S/C57H103NO5/c1-4-7-10-13-16-19-22-25-28-29-32-35-38-41-44-47-50-57(62)63-53(48-45-42-39-36-33-30-26-23-20-17-14-11-8-5-2)51-56(61)58-54(52-59)55(60)49-46-43-40-37-34-31-27-24-21-18-15-12-9-6-3/h7,10,16,19,25,28,30,33,36,39,53-55,59-60H,4-6,8-9,11-15,17-18,20-24,26-27,29,31-32,34-35,37-38,40-52H2,1-3H3,(H,58,61)/b10-7+,19-16+,28-25+,33-30+,39-36+. The minimum atomic E-state index is -0.803. The number of hydrogen-bond acceptors (Lipinski definition) is 5. The minimum Gasteiger partial charge on any atom is -0.462 e. The maximum Gasteiger partial charge on any atom is 0.306 e. The number of aliphatic hydroxyl groups is 2. The van der Waals surface area contributed by atoms with Crippen molar-refractivity contribution in [2.45, 2.75) is 283 Å². The fourth-order valence-corrected chi connectivity index (χ4v) is 8.03. The molecule has 0 aromatic carbocycles. The van der Waals surface area contributed by atoms with E-state index < -0.39 is 18.2 Å². The van der Waals surface area contributed by atoms with Crippen molar-refractivity contribution < 1.29 is 24.5 Å². The average Bonchev–Trinajstić information content (AvgIpc) is 3.28. The van der Waals surface area contributed by atoms with Crippen LogP contribution >= 0.6 is 0 Å². The number of carbonyl (C=O) groups excluding carboxylic acids is 2. The van der Waals surface area contributed by atoms with Crippen LogP contribution in [0.4, 0.5) is 0 Å². The molecule has 0 bridgehead atoms. The molecule has 3 unspecified atom stereocenters. The number of esters is 1. The second kappa shape index (κ2) is 50.6. The van der Waals surface area contributed by atoms with Crippen molar-refractivity contribution in [1.82, 2.24) is 5.32 Å². The molecule has 0 spiro atoms. The van der Waals surface area contributed by atoms with Crippen LogP contribution in [0.15, 0.2) is 60.8 Å². The normalized spacial score (nSPS) is 13.7. The van der Waals surface area contributed by atoms with Crippen LogP contribution in [0.25, 0.3) is 0 Å². The SMILES string of the molecule is CC/C=C/C/C=C/C/C=C/CCCCCCCCC(=O)OC(CCC/C=C/C=C/CCCCCCCCC)CC(=O)NC(CO)C(O)CCCCCCCCCCCCCCCC. The van der Waals surface area contributed by atoms with Gasteiger partial charge in [0, 0.05) is 6.42 Å². The van der Waals surface area contributed by atoms with Crippen molar-refractivity contribution in [1.29, 1.82) is 0 Å². The molecule has 0 fully saturated rings. The minimum absolute atomic E-state index is 0.0386. The summed E-state index contributed by atoms with van der Waals surface area (Å²) in [6.45, 7) is 6.36. The molecule has 0 aliphatic carbocycles. The number of carbonyl (C=O) groups is 2. The van der Waals surface area contributed by atoms with Crippen molar-refractivity contribution in [3.05, 3.63) is 60.8 Å². The molecule has 0 saturated heterocycles. The monoisotopic (exact) mass is 882 g/mol. The molecule has 6 nitrogen and oxygen atoms in total. The highest BCUT2D eigenvalue weighted by Crippen LogP contribution is 2.17. The van der Waals surface area contributed by atoms with Crippen LogP contribution in [0.3, 0.4) is 0 Å². The Balaban J connectivity index is 4.64. The van der Waals surface area contributed by atoms with Crippen molar-refractivity contribution in [3.63, 3.8) is 0 Å². The number of ether oxygens (including phenoxy) is 1. The lowest BCUT2D eigenvalue weighted by atomic mass is 10.0. The van der Waals surface area contributed by atoms with Gasteiger partial charge >= 0.3 is 5.97 Å². The van der Waals surface area contributed by atoms with Crippen molar-refractivity contribution >= 4 is 11.9 Å². The molecule has 0 rings (SSSR count). The van der Waals surface area contributed by atoms with Gasteiger partial charge in [0.15, 0.2) is 0 Å². The maximum absolute atomic E-state index is 13.2. The molecule has 0 radical (unpaired) electrons. The summed E-state index contributed by atoms with van der Waals surface area (Å²) in [5.41, 5.74) is 0. The van der Waals surface area contributed by atoms with Crippen molar-refractivity contribution in [2.24, 2.45) is 0 Å². The van der Waals surface area contributed by atoms with E-state index in [9.17, 15) is 19.8 Å². The maximum atomic E-state index is 13.2. The fraction of sp³-hybridized carbons (Fsp3) is 0.789. The molecule has 0 saturated carbocycles. The zero-order valence-corrected chi connectivity index (χ0v) is 41.7. The highest BCUT2D eigenvalue weighted by Gasteiger charge is 2.24. The van der Waals surface area contributed by atoms with E-state index in [-0.39, 0.29) is 24.9 Å². The molecular formula is C57H103NO5. The van der Waals surface area contributed by atoms with Crippen LogP contribution in [0, 0.1) is 0 Å². The van der Waals surface area contributed by atoms with E-state index >= 15 is 0 Å². The number of hydrogen-bond donors (Lipinski definition) is 3. The van der Waals surface area contributed by atoms with Crippen LogP contribution < -0.4 is 5.32 Å². The third kappa shape index (κ3) is 45.9. The highest BCUT2D eigenvalue weighted by molar-refractivity contribution is 5.77. The fourth-order valence-electron chi connectivity index (χ4n) is 8.03. The molecular weight excluding hydrogens is 779 g/mol. The summed E-state index contributed by atoms with van der Waals surface area (Å²) in [6, 6.07) is -0.720. The molecule has 1 amide bonds. The van der Waals surface area contributed by atoms with Gasteiger partial charge in [0.25, 0.3) is 0 Å². The van der Waals surface area contributed by atoms with Gasteiger partial charge in [-0.25, -0.2) is 0 Å². The van der Waals surface area contributed by atoms with Crippen LogP contribution in [-0.2, 0) is 14.3 Å². The summed E-state index contributed by atoms with van der Waals surface area (Å²) < 4.78 is 5.91. The van der Waals surface area contributed by atoms with E-state index in [2.05, 4.69) is 86.8 Å². The van der Waals surface area contributed by atoms with Crippen LogP contribution in [0.5, 0.6) is 0 Å². The molecule has 0 aromatic heterocycles. The van der Waals surface area contributed by atoms with Gasteiger partial charge in [-0.2, -0.15) is 0 Å². The Morgan fingerprint density at radius 3 is 1.43 bits per heavy atom. The zero-order chi connectivity index (χ0) is 45.9. The summed E-state index contributed by atoms with van der Waals surface area (Å²) in [4.78, 5) is 26.2. The topological polar surface area (TPSA) is 95.9 Å². The van der Waals surface area contributed by atoms with E-state index in [0.717, 1.165) is 83.5 Å². The Kier molecular flexibility index (Phi) is 48.6. The predicted octanol–water partition coefficient (Wildman–Crippen LogP) is 16.4. The second-order valence-corrected chi connectivity index (χ2v) is 18.3. The molecule has 0 aliphatic rings. The number of unbranched alkanes of at least 4 members (excludes halogenated alkanes) is 27. The van der Waals surface area contributed by atoms with E-state index in [1.807, 2.05) is 0 Å². The number of allylic oxidation sites excluding steroid dienone is 10. The van der Waals surface area contributed by atoms with Crippen LogP contribution in [0.2, 0.25) is 0 Å². The molecule has 0 aliphatic heterocycles. The lowest BCUT2D eigenvalue weighted by Crippen LogP contribution is -2.46. The molecule has 6 heteroatoms. The summed E-state index contributed by atoms with van der Waals surface area (Å²) in [6.07, 6.45) is 62.8. The first-order valence-corrected chi connectivity index (χ1v) is 27.0. The smallest absolute Gasteiger partial charge is 0.306 e. The predicted molar refractivity (Wildman–Crippen MR) is 273 cm³/mol. The first-order chi connectivity index (χ1) is 31.0. The van der Waals surface area contributed by atoms with Gasteiger partial charge in [0.05, 0.1) is 25.2 Å². The van der Waals surface area contributed by atoms with Crippen LogP contribution in [-0.4, -0.2) is 46.9 Å². The largest absolute Gasteiger partial charge is 0.462 e. The Morgan fingerprint density at radius 2 is 0.921 bits per heavy atom. The third-order valence-corrected chi connectivity index (χ3v) is 12.1. The van der Waals surface area contributed by atoms with Crippen molar-refractivity contribution in [3.8, 4) is 0 Å². The first kappa shape index (κ1) is 60.6. The quantitative estimate of drug-likeness (QED) is 0.0245. The van der Waals surface area contributed by atoms with E-state index in [4.69, 9.17) is 4.74 Å². The van der Waals surface area contributed by atoms with E-state index in [1.165, 1.54) is 135 Å². The number of amides is 1. The molecule has 0 aromatic rings.